The molecule has 0 fully saturated rings. The standard InChI is InChI=1S/C7H15BrO2Si/c1-6(8)5-7(9)10-11(2,3)4/h6H,5H2,1-4H3. The van der Waals surface area contributed by atoms with E-state index in [2.05, 4.69) is 15.9 Å². The molecular formula is C7H15BrO2Si. The first-order valence-corrected chi connectivity index (χ1v) is 7.99. The molecule has 1 atom stereocenters. The first-order chi connectivity index (χ1) is 4.81. The van der Waals surface area contributed by atoms with Crippen LogP contribution in [0.4, 0.5) is 0 Å². The van der Waals surface area contributed by atoms with Crippen molar-refractivity contribution in [3.8, 4) is 0 Å². The number of carbonyl (C=O) groups is 1. The van der Waals surface area contributed by atoms with Gasteiger partial charge in [-0.1, -0.05) is 22.9 Å². The van der Waals surface area contributed by atoms with E-state index in [9.17, 15) is 4.79 Å². The molecule has 4 heteroatoms. The van der Waals surface area contributed by atoms with Crippen LogP contribution in [0.15, 0.2) is 0 Å². The van der Waals surface area contributed by atoms with E-state index in [4.69, 9.17) is 4.43 Å². The fraction of sp³-hybridized carbons (Fsp3) is 0.857. The van der Waals surface area contributed by atoms with Gasteiger partial charge in [-0.05, 0) is 19.6 Å². The molecule has 1 unspecified atom stereocenters. The zero-order valence-electron chi connectivity index (χ0n) is 7.48. The Morgan fingerprint density at radius 3 is 2.27 bits per heavy atom. The van der Waals surface area contributed by atoms with Gasteiger partial charge in [-0.25, -0.2) is 0 Å². The Bertz CT molecular complexity index is 140. The molecule has 66 valence electrons. The minimum Gasteiger partial charge on any atom is -0.520 e. The largest absolute Gasteiger partial charge is 0.520 e. The van der Waals surface area contributed by atoms with Gasteiger partial charge in [0.15, 0.2) is 0 Å². The van der Waals surface area contributed by atoms with E-state index in [1.165, 1.54) is 0 Å². The van der Waals surface area contributed by atoms with Crippen LogP contribution < -0.4 is 0 Å². The van der Waals surface area contributed by atoms with Crippen molar-refractivity contribution in [3.63, 3.8) is 0 Å². The third-order valence-corrected chi connectivity index (χ3v) is 2.03. The van der Waals surface area contributed by atoms with Gasteiger partial charge in [0, 0.05) is 4.83 Å². The number of halogens is 1. The van der Waals surface area contributed by atoms with Crippen molar-refractivity contribution in [2.75, 3.05) is 0 Å². The molecule has 0 aromatic heterocycles. The van der Waals surface area contributed by atoms with Crippen molar-refractivity contribution in [2.45, 2.75) is 37.8 Å². The topological polar surface area (TPSA) is 26.3 Å². The maximum absolute atomic E-state index is 11.1. The molecule has 0 amide bonds. The number of hydrogen-bond donors (Lipinski definition) is 0. The molecule has 0 aromatic carbocycles. The molecule has 2 nitrogen and oxygen atoms in total. The minimum absolute atomic E-state index is 0.0893. The lowest BCUT2D eigenvalue weighted by Gasteiger charge is -2.17. The van der Waals surface area contributed by atoms with E-state index < -0.39 is 8.32 Å². The predicted molar refractivity (Wildman–Crippen MR) is 52.4 cm³/mol. The van der Waals surface area contributed by atoms with E-state index in [1.807, 2.05) is 26.6 Å². The molecular weight excluding hydrogens is 224 g/mol. The second-order valence-corrected chi connectivity index (χ2v) is 9.56. The highest BCUT2D eigenvalue weighted by Gasteiger charge is 2.20. The van der Waals surface area contributed by atoms with Gasteiger partial charge >= 0.3 is 0 Å². The van der Waals surface area contributed by atoms with E-state index >= 15 is 0 Å². The highest BCUT2D eigenvalue weighted by Crippen LogP contribution is 2.09. The van der Waals surface area contributed by atoms with Gasteiger partial charge in [-0.2, -0.15) is 0 Å². The Morgan fingerprint density at radius 2 is 2.00 bits per heavy atom. The third kappa shape index (κ3) is 8.07. The average molecular weight is 239 g/mol. The van der Waals surface area contributed by atoms with Crippen LogP contribution >= 0.6 is 15.9 Å². The zero-order valence-corrected chi connectivity index (χ0v) is 10.1. The Hall–Kier alpha value is 0.167. The summed E-state index contributed by atoms with van der Waals surface area (Å²) < 4.78 is 5.22. The first-order valence-electron chi connectivity index (χ1n) is 3.67. The first kappa shape index (κ1) is 11.2. The van der Waals surface area contributed by atoms with Crippen molar-refractivity contribution in [3.05, 3.63) is 0 Å². The van der Waals surface area contributed by atoms with Crippen molar-refractivity contribution in [1.82, 2.24) is 0 Å². The maximum atomic E-state index is 11.1. The van der Waals surface area contributed by atoms with Crippen LogP contribution in [0.3, 0.4) is 0 Å². The van der Waals surface area contributed by atoms with Gasteiger partial charge in [-0.3, -0.25) is 4.79 Å². The second-order valence-electron chi connectivity index (χ2n) is 3.57. The van der Waals surface area contributed by atoms with Crippen molar-refractivity contribution >= 4 is 30.2 Å². The molecule has 0 N–H and O–H groups in total. The summed E-state index contributed by atoms with van der Waals surface area (Å²) in [5.41, 5.74) is 0. The smallest absolute Gasteiger partial charge is 0.293 e. The van der Waals surface area contributed by atoms with Crippen molar-refractivity contribution in [1.29, 1.82) is 0 Å². The molecule has 0 aromatic rings. The summed E-state index contributed by atoms with van der Waals surface area (Å²) in [5, 5.41) is 0. The molecule has 11 heavy (non-hydrogen) atoms. The Morgan fingerprint density at radius 1 is 1.55 bits per heavy atom. The van der Waals surface area contributed by atoms with Gasteiger partial charge in [0.1, 0.15) is 0 Å². The third-order valence-electron chi connectivity index (χ3n) is 0.868. The number of rotatable bonds is 3. The van der Waals surface area contributed by atoms with Crippen LogP contribution in [0.5, 0.6) is 0 Å². The van der Waals surface area contributed by atoms with Gasteiger partial charge in [-0.15, -0.1) is 0 Å². The summed E-state index contributed by atoms with van der Waals surface area (Å²) in [7, 11) is -1.66. The molecule has 0 rings (SSSR count). The van der Waals surface area contributed by atoms with E-state index in [-0.39, 0.29) is 10.8 Å². The summed E-state index contributed by atoms with van der Waals surface area (Å²) >= 11 is 3.30. The minimum atomic E-state index is -1.66. The maximum Gasteiger partial charge on any atom is 0.293 e. The number of carbonyl (C=O) groups excluding carboxylic acids is 1. The Labute approximate surface area is 77.6 Å². The summed E-state index contributed by atoms with van der Waals surface area (Å²) in [6, 6.07) is 0. The van der Waals surface area contributed by atoms with Gasteiger partial charge in [0.2, 0.25) is 8.32 Å². The Balaban J connectivity index is 3.71. The van der Waals surface area contributed by atoms with Crippen LogP contribution in [-0.4, -0.2) is 19.1 Å². The quantitative estimate of drug-likeness (QED) is 0.558. The highest BCUT2D eigenvalue weighted by atomic mass is 79.9. The van der Waals surface area contributed by atoms with E-state index in [0.717, 1.165) is 0 Å². The van der Waals surface area contributed by atoms with Crippen molar-refractivity contribution < 1.29 is 9.22 Å². The highest BCUT2D eigenvalue weighted by molar-refractivity contribution is 9.09. The van der Waals surface area contributed by atoms with Crippen LogP contribution in [-0.2, 0) is 9.22 Å². The predicted octanol–water partition coefficient (Wildman–Crippen LogP) is 2.54. The van der Waals surface area contributed by atoms with Crippen LogP contribution in [0.1, 0.15) is 13.3 Å². The number of alkyl halides is 1. The SMILES string of the molecule is CC(Br)CC(=O)O[Si](C)(C)C. The fourth-order valence-electron chi connectivity index (χ4n) is 0.613. The second kappa shape index (κ2) is 4.26. The molecule has 0 saturated carbocycles. The molecule has 0 heterocycles. The summed E-state index contributed by atoms with van der Waals surface area (Å²) in [6.07, 6.45) is 0.463. The lowest BCUT2D eigenvalue weighted by Crippen LogP contribution is -2.29. The summed E-state index contributed by atoms with van der Waals surface area (Å²) in [5.74, 6) is -0.0893. The van der Waals surface area contributed by atoms with Gasteiger partial charge < -0.3 is 4.43 Å². The normalized spacial score (nSPS) is 14.3. The van der Waals surface area contributed by atoms with Crippen LogP contribution in [0.2, 0.25) is 19.6 Å². The fourth-order valence-corrected chi connectivity index (χ4v) is 1.64. The molecule has 0 aliphatic rings. The van der Waals surface area contributed by atoms with Gasteiger partial charge in [0.25, 0.3) is 5.97 Å². The molecule has 0 bridgehead atoms. The lowest BCUT2D eigenvalue weighted by atomic mass is 10.3. The summed E-state index contributed by atoms with van der Waals surface area (Å²) in [6.45, 7) is 7.95. The van der Waals surface area contributed by atoms with E-state index in [1.54, 1.807) is 0 Å². The molecule has 0 saturated heterocycles. The zero-order chi connectivity index (χ0) is 9.07. The van der Waals surface area contributed by atoms with E-state index in [0.29, 0.717) is 6.42 Å². The average Bonchev–Trinajstić information content (AvgIpc) is 1.53. The molecule has 0 radical (unpaired) electrons. The van der Waals surface area contributed by atoms with Crippen LogP contribution in [0, 0.1) is 0 Å². The molecule has 0 aliphatic heterocycles. The molecule has 0 aliphatic carbocycles. The lowest BCUT2D eigenvalue weighted by molar-refractivity contribution is -0.134. The Kier molecular flexibility index (Phi) is 4.32. The summed E-state index contributed by atoms with van der Waals surface area (Å²) in [4.78, 5) is 11.3. The van der Waals surface area contributed by atoms with Crippen molar-refractivity contribution in [2.24, 2.45) is 0 Å². The van der Waals surface area contributed by atoms with Crippen LogP contribution in [0.25, 0.3) is 0 Å². The monoisotopic (exact) mass is 238 g/mol. The number of hydrogen-bond acceptors (Lipinski definition) is 2. The van der Waals surface area contributed by atoms with Gasteiger partial charge in [0.05, 0.1) is 6.42 Å². The molecule has 0 spiro atoms.